The van der Waals surface area contributed by atoms with Gasteiger partial charge in [-0.3, -0.25) is 9.69 Å². The highest BCUT2D eigenvalue weighted by Gasteiger charge is 2.21. The highest BCUT2D eigenvalue weighted by molar-refractivity contribution is 6.35. The van der Waals surface area contributed by atoms with Crippen molar-refractivity contribution >= 4 is 29.1 Å². The number of nitrogens with zero attached hydrogens (tertiary/aromatic N) is 2. The van der Waals surface area contributed by atoms with Gasteiger partial charge in [0, 0.05) is 42.8 Å². The van der Waals surface area contributed by atoms with Crippen LogP contribution in [0.4, 0.5) is 0 Å². The molecule has 0 aliphatic carbocycles. The van der Waals surface area contributed by atoms with Crippen LogP contribution < -0.4 is 0 Å². The number of benzene rings is 1. The molecular formula is C14H18Cl2N2O2. The van der Waals surface area contributed by atoms with Crippen molar-refractivity contribution in [2.75, 3.05) is 39.3 Å². The van der Waals surface area contributed by atoms with E-state index >= 15 is 0 Å². The van der Waals surface area contributed by atoms with Crippen LogP contribution in [0.15, 0.2) is 18.2 Å². The number of carbonyl (C=O) groups excluding carboxylic acids is 1. The zero-order valence-corrected chi connectivity index (χ0v) is 12.7. The summed E-state index contributed by atoms with van der Waals surface area (Å²) in [6.45, 7) is 3.84. The van der Waals surface area contributed by atoms with Crippen molar-refractivity contribution in [3.05, 3.63) is 33.8 Å². The molecule has 2 rings (SSSR count). The number of amides is 1. The van der Waals surface area contributed by atoms with Gasteiger partial charge in [0.25, 0.3) is 0 Å². The summed E-state index contributed by atoms with van der Waals surface area (Å²) in [4.78, 5) is 16.2. The Balaban J connectivity index is 1.89. The predicted octanol–water partition coefficient (Wildman–Crippen LogP) is 1.67. The Kier molecular flexibility index (Phi) is 5.66. The number of piperazine rings is 1. The van der Waals surface area contributed by atoms with Gasteiger partial charge < -0.3 is 10.0 Å². The van der Waals surface area contributed by atoms with Gasteiger partial charge >= 0.3 is 0 Å². The zero-order chi connectivity index (χ0) is 14.5. The molecule has 0 radical (unpaired) electrons. The number of β-amino-alcohol motifs (C(OH)–C–C–N with tert-alkyl or cyclic N) is 1. The zero-order valence-electron chi connectivity index (χ0n) is 11.2. The first-order chi connectivity index (χ1) is 9.60. The topological polar surface area (TPSA) is 43.8 Å². The Morgan fingerprint density at radius 2 is 1.90 bits per heavy atom. The van der Waals surface area contributed by atoms with Crippen molar-refractivity contribution in [2.24, 2.45) is 0 Å². The van der Waals surface area contributed by atoms with Gasteiger partial charge in [-0.15, -0.1) is 0 Å². The average Bonchev–Trinajstić information content (AvgIpc) is 2.43. The number of aliphatic hydroxyl groups is 1. The molecule has 1 amide bonds. The Hall–Kier alpha value is -0.810. The minimum absolute atomic E-state index is 0.0814. The number of hydrogen-bond acceptors (Lipinski definition) is 3. The molecular weight excluding hydrogens is 299 g/mol. The highest BCUT2D eigenvalue weighted by atomic mass is 35.5. The first kappa shape index (κ1) is 15.6. The molecule has 110 valence electrons. The quantitative estimate of drug-likeness (QED) is 0.919. The third-order valence-corrected chi connectivity index (χ3v) is 4.08. The van der Waals surface area contributed by atoms with Gasteiger partial charge in [-0.25, -0.2) is 0 Å². The van der Waals surface area contributed by atoms with Gasteiger partial charge in [0.05, 0.1) is 13.0 Å². The average molecular weight is 317 g/mol. The number of hydrogen-bond donors (Lipinski definition) is 1. The second kappa shape index (κ2) is 7.27. The number of carbonyl (C=O) groups is 1. The molecule has 0 bridgehead atoms. The van der Waals surface area contributed by atoms with Crippen LogP contribution in [0.1, 0.15) is 5.56 Å². The molecule has 0 saturated carbocycles. The lowest BCUT2D eigenvalue weighted by molar-refractivity contribution is -0.132. The van der Waals surface area contributed by atoms with Crippen LogP contribution in [0.2, 0.25) is 10.0 Å². The molecule has 6 heteroatoms. The van der Waals surface area contributed by atoms with Crippen molar-refractivity contribution in [3.8, 4) is 0 Å². The van der Waals surface area contributed by atoms with Crippen molar-refractivity contribution in [3.63, 3.8) is 0 Å². The van der Waals surface area contributed by atoms with Gasteiger partial charge in [0.1, 0.15) is 0 Å². The lowest BCUT2D eigenvalue weighted by atomic mass is 10.1. The second-order valence-corrected chi connectivity index (χ2v) is 5.70. The third kappa shape index (κ3) is 4.09. The molecule has 20 heavy (non-hydrogen) atoms. The van der Waals surface area contributed by atoms with E-state index in [2.05, 4.69) is 4.90 Å². The largest absolute Gasteiger partial charge is 0.395 e. The molecule has 1 aromatic carbocycles. The summed E-state index contributed by atoms with van der Waals surface area (Å²) in [5, 5.41) is 10.00. The van der Waals surface area contributed by atoms with E-state index in [1.807, 2.05) is 4.90 Å². The fourth-order valence-corrected chi connectivity index (χ4v) is 2.78. The van der Waals surface area contributed by atoms with E-state index in [1.54, 1.807) is 18.2 Å². The molecule has 1 fully saturated rings. The normalized spacial score (nSPS) is 16.4. The Labute approximate surface area is 128 Å². The minimum Gasteiger partial charge on any atom is -0.395 e. The van der Waals surface area contributed by atoms with E-state index in [1.165, 1.54) is 0 Å². The summed E-state index contributed by atoms with van der Waals surface area (Å²) in [6.07, 6.45) is 0.302. The predicted molar refractivity (Wildman–Crippen MR) is 80.3 cm³/mol. The molecule has 4 nitrogen and oxygen atoms in total. The first-order valence-corrected chi connectivity index (χ1v) is 7.40. The fraction of sp³-hybridized carbons (Fsp3) is 0.500. The van der Waals surface area contributed by atoms with Crippen molar-refractivity contribution in [1.29, 1.82) is 0 Å². The number of halogens is 2. The molecule has 0 aromatic heterocycles. The van der Waals surface area contributed by atoms with Crippen LogP contribution >= 0.6 is 23.2 Å². The van der Waals surface area contributed by atoms with Crippen molar-refractivity contribution in [2.45, 2.75) is 6.42 Å². The van der Waals surface area contributed by atoms with Gasteiger partial charge in [-0.1, -0.05) is 29.3 Å². The highest BCUT2D eigenvalue weighted by Crippen LogP contribution is 2.22. The number of aliphatic hydroxyl groups excluding tert-OH is 1. The minimum atomic E-state index is 0.0814. The third-order valence-electron chi connectivity index (χ3n) is 3.50. The van der Waals surface area contributed by atoms with Gasteiger partial charge in [0.2, 0.25) is 5.91 Å². The molecule has 1 aliphatic heterocycles. The maximum Gasteiger partial charge on any atom is 0.227 e. The second-order valence-electron chi connectivity index (χ2n) is 4.86. The van der Waals surface area contributed by atoms with Gasteiger partial charge in [-0.05, 0) is 17.7 Å². The molecule has 1 heterocycles. The van der Waals surface area contributed by atoms with Crippen molar-refractivity contribution < 1.29 is 9.90 Å². The summed E-state index contributed by atoms with van der Waals surface area (Å²) in [5.41, 5.74) is 0.804. The van der Waals surface area contributed by atoms with E-state index in [4.69, 9.17) is 28.3 Å². The molecule has 1 aromatic rings. The molecule has 0 unspecified atom stereocenters. The van der Waals surface area contributed by atoms with E-state index in [-0.39, 0.29) is 12.5 Å². The van der Waals surface area contributed by atoms with Crippen LogP contribution in [0, 0.1) is 0 Å². The van der Waals surface area contributed by atoms with Gasteiger partial charge in [-0.2, -0.15) is 0 Å². The molecule has 1 saturated heterocycles. The van der Waals surface area contributed by atoms with Crippen LogP contribution in [-0.2, 0) is 11.2 Å². The molecule has 0 atom stereocenters. The first-order valence-electron chi connectivity index (χ1n) is 6.65. The summed E-state index contributed by atoms with van der Waals surface area (Å²) >= 11 is 11.9. The van der Waals surface area contributed by atoms with Crippen LogP contribution in [0.25, 0.3) is 0 Å². The van der Waals surface area contributed by atoms with Crippen LogP contribution in [-0.4, -0.2) is 60.1 Å². The van der Waals surface area contributed by atoms with E-state index in [0.717, 1.165) is 18.7 Å². The van der Waals surface area contributed by atoms with E-state index < -0.39 is 0 Å². The lowest BCUT2D eigenvalue weighted by Gasteiger charge is -2.34. The maximum absolute atomic E-state index is 12.2. The van der Waals surface area contributed by atoms with Gasteiger partial charge in [0.15, 0.2) is 0 Å². The monoisotopic (exact) mass is 316 g/mol. The Morgan fingerprint density at radius 3 is 2.50 bits per heavy atom. The Bertz CT molecular complexity index is 474. The molecule has 1 N–H and O–H groups in total. The molecule has 1 aliphatic rings. The SMILES string of the molecule is O=C(Cc1ccc(Cl)cc1Cl)N1CCN(CCO)CC1. The molecule has 0 spiro atoms. The summed E-state index contributed by atoms with van der Waals surface area (Å²) in [5.74, 6) is 0.0814. The summed E-state index contributed by atoms with van der Waals surface area (Å²) < 4.78 is 0. The van der Waals surface area contributed by atoms with Crippen LogP contribution in [0.3, 0.4) is 0 Å². The van der Waals surface area contributed by atoms with E-state index in [0.29, 0.717) is 36.1 Å². The fourth-order valence-electron chi connectivity index (χ4n) is 2.30. The summed E-state index contributed by atoms with van der Waals surface area (Å²) in [7, 11) is 0. The standard InChI is InChI=1S/C14H18Cl2N2O2/c15-12-2-1-11(13(16)10-12)9-14(20)18-5-3-17(4-6-18)7-8-19/h1-2,10,19H,3-9H2. The summed E-state index contributed by atoms with van der Waals surface area (Å²) in [6, 6.07) is 5.20. The maximum atomic E-state index is 12.2. The van der Waals surface area contributed by atoms with Crippen molar-refractivity contribution in [1.82, 2.24) is 9.80 Å². The van der Waals surface area contributed by atoms with E-state index in [9.17, 15) is 4.79 Å². The number of rotatable bonds is 4. The van der Waals surface area contributed by atoms with Crippen LogP contribution in [0.5, 0.6) is 0 Å². The Morgan fingerprint density at radius 1 is 1.20 bits per heavy atom. The lowest BCUT2D eigenvalue weighted by Crippen LogP contribution is -2.49. The smallest absolute Gasteiger partial charge is 0.227 e.